The number of amides is 2. The largest absolute Gasteiger partial charge is 0.324 e. The maximum absolute atomic E-state index is 14.1. The number of pyridine rings is 1. The number of carbonyl (C=O) groups excluding carboxylic acids is 1. The summed E-state index contributed by atoms with van der Waals surface area (Å²) < 4.78 is 28.8. The molecule has 9 heteroatoms. The first-order valence-corrected chi connectivity index (χ1v) is 10.7. The summed E-state index contributed by atoms with van der Waals surface area (Å²) in [5, 5.41) is 3.61. The molecule has 0 radical (unpaired) electrons. The molecule has 2 aromatic carbocycles. The van der Waals surface area contributed by atoms with E-state index >= 15 is 0 Å². The highest BCUT2D eigenvalue weighted by Gasteiger charge is 2.34. The molecule has 2 aliphatic rings. The molecule has 0 spiro atoms. The molecule has 0 saturated carbocycles. The van der Waals surface area contributed by atoms with Gasteiger partial charge in [-0.25, -0.2) is 13.6 Å². The van der Waals surface area contributed by atoms with Gasteiger partial charge in [0, 0.05) is 49.0 Å². The van der Waals surface area contributed by atoms with Crippen LogP contribution in [-0.2, 0) is 19.6 Å². The zero-order chi connectivity index (χ0) is 21.9. The van der Waals surface area contributed by atoms with Crippen LogP contribution in [0.25, 0.3) is 10.8 Å². The highest BCUT2D eigenvalue weighted by atomic mass is 79.9. The third kappa shape index (κ3) is 3.32. The van der Waals surface area contributed by atoms with Gasteiger partial charge < -0.3 is 20.1 Å². The number of carbonyl (C=O) groups is 1. The summed E-state index contributed by atoms with van der Waals surface area (Å²) in [5.41, 5.74) is 2.92. The van der Waals surface area contributed by atoms with Crippen molar-refractivity contribution in [1.29, 1.82) is 0 Å². The quantitative estimate of drug-likeness (QED) is 0.547. The fourth-order valence-corrected chi connectivity index (χ4v) is 4.94. The standard InChI is InChI=1S/C22H19BrF2N4O2/c1-28(22(31)29-9-11-2-3-13(23)4-12(11)10-29)19-8-26-7-18-20(19)14-5-16(24)17(25)6-15(14)21(30)27-18/h2-6,19,26H,7-10H2,1H3,(H,27,30)/t19-/m1/s1. The Morgan fingerprint density at radius 2 is 1.84 bits per heavy atom. The van der Waals surface area contributed by atoms with Crippen molar-refractivity contribution >= 4 is 32.7 Å². The Morgan fingerprint density at radius 3 is 2.61 bits per heavy atom. The lowest BCUT2D eigenvalue weighted by Crippen LogP contribution is -2.46. The van der Waals surface area contributed by atoms with E-state index in [2.05, 4.69) is 26.2 Å². The van der Waals surface area contributed by atoms with E-state index in [1.54, 1.807) is 16.8 Å². The van der Waals surface area contributed by atoms with Crippen LogP contribution in [-0.4, -0.2) is 34.4 Å². The Morgan fingerprint density at radius 1 is 1.13 bits per heavy atom. The van der Waals surface area contributed by atoms with Crippen LogP contribution in [0, 0.1) is 11.6 Å². The van der Waals surface area contributed by atoms with Crippen LogP contribution in [0.4, 0.5) is 13.6 Å². The van der Waals surface area contributed by atoms with Crippen LogP contribution >= 0.6 is 15.9 Å². The lowest BCUT2D eigenvalue weighted by molar-refractivity contribution is 0.143. The first-order valence-electron chi connectivity index (χ1n) is 9.87. The van der Waals surface area contributed by atoms with E-state index in [4.69, 9.17) is 0 Å². The molecule has 6 nitrogen and oxygen atoms in total. The van der Waals surface area contributed by atoms with E-state index in [1.165, 1.54) is 0 Å². The molecule has 0 bridgehead atoms. The minimum Gasteiger partial charge on any atom is -0.324 e. The van der Waals surface area contributed by atoms with Gasteiger partial charge >= 0.3 is 6.03 Å². The monoisotopic (exact) mass is 488 g/mol. The number of aromatic nitrogens is 1. The van der Waals surface area contributed by atoms with E-state index in [9.17, 15) is 18.4 Å². The van der Waals surface area contributed by atoms with Gasteiger partial charge in [0.25, 0.3) is 5.56 Å². The lowest BCUT2D eigenvalue weighted by Gasteiger charge is -2.36. The highest BCUT2D eigenvalue weighted by Crippen LogP contribution is 2.34. The predicted octanol–water partition coefficient (Wildman–Crippen LogP) is 3.78. The number of nitrogens with zero attached hydrogens (tertiary/aromatic N) is 2. The molecule has 0 aliphatic carbocycles. The highest BCUT2D eigenvalue weighted by molar-refractivity contribution is 9.10. The second kappa shape index (κ2) is 7.42. The van der Waals surface area contributed by atoms with Crippen molar-refractivity contribution in [3.05, 3.63) is 79.2 Å². The number of H-pyrrole nitrogens is 1. The maximum atomic E-state index is 14.1. The molecule has 3 aromatic rings. The zero-order valence-corrected chi connectivity index (χ0v) is 18.2. The summed E-state index contributed by atoms with van der Waals surface area (Å²) in [4.78, 5) is 31.9. The van der Waals surface area contributed by atoms with Gasteiger partial charge in [-0.15, -0.1) is 0 Å². The number of likely N-dealkylation sites (N-methyl/N-ethyl adjacent to an activating group) is 1. The number of fused-ring (bicyclic) bond motifs is 4. The topological polar surface area (TPSA) is 68.4 Å². The molecule has 3 heterocycles. The van der Waals surface area contributed by atoms with Gasteiger partial charge in [-0.1, -0.05) is 22.0 Å². The van der Waals surface area contributed by atoms with Crippen molar-refractivity contribution in [2.24, 2.45) is 0 Å². The van der Waals surface area contributed by atoms with Crippen molar-refractivity contribution in [3.63, 3.8) is 0 Å². The Balaban J connectivity index is 1.53. The summed E-state index contributed by atoms with van der Waals surface area (Å²) in [7, 11) is 1.69. The van der Waals surface area contributed by atoms with E-state index in [0.717, 1.165) is 27.7 Å². The van der Waals surface area contributed by atoms with Crippen LogP contribution < -0.4 is 10.9 Å². The molecular formula is C22H19BrF2N4O2. The second-order valence-corrected chi connectivity index (χ2v) is 8.88. The van der Waals surface area contributed by atoms with Gasteiger partial charge in [-0.05, 0) is 40.8 Å². The van der Waals surface area contributed by atoms with Crippen LogP contribution in [0.5, 0.6) is 0 Å². The molecule has 2 amide bonds. The van der Waals surface area contributed by atoms with Crippen molar-refractivity contribution in [2.75, 3.05) is 13.6 Å². The first kappa shape index (κ1) is 20.1. The summed E-state index contributed by atoms with van der Waals surface area (Å²) >= 11 is 3.46. The van der Waals surface area contributed by atoms with E-state index in [0.29, 0.717) is 42.8 Å². The predicted molar refractivity (Wildman–Crippen MR) is 115 cm³/mol. The Bertz CT molecular complexity index is 1290. The average Bonchev–Trinajstić information content (AvgIpc) is 3.17. The molecule has 160 valence electrons. The minimum absolute atomic E-state index is 0.0730. The number of nitrogens with one attached hydrogen (secondary N) is 2. The van der Waals surface area contributed by atoms with Gasteiger partial charge in [0.1, 0.15) is 0 Å². The molecule has 1 atom stereocenters. The van der Waals surface area contributed by atoms with Gasteiger partial charge in [-0.2, -0.15) is 0 Å². The van der Waals surface area contributed by atoms with Crippen molar-refractivity contribution in [1.82, 2.24) is 20.1 Å². The number of aromatic amines is 1. The molecule has 5 rings (SSSR count). The number of hydrogen-bond donors (Lipinski definition) is 2. The average molecular weight is 489 g/mol. The molecule has 2 N–H and O–H groups in total. The molecule has 1 aromatic heterocycles. The normalized spacial score (nSPS) is 17.5. The van der Waals surface area contributed by atoms with Crippen molar-refractivity contribution in [2.45, 2.75) is 25.7 Å². The maximum Gasteiger partial charge on any atom is 0.320 e. The van der Waals surface area contributed by atoms with Gasteiger partial charge in [-0.3, -0.25) is 4.79 Å². The zero-order valence-electron chi connectivity index (χ0n) is 16.6. The smallest absolute Gasteiger partial charge is 0.320 e. The Labute approximate surface area is 185 Å². The fourth-order valence-electron chi connectivity index (χ4n) is 4.53. The summed E-state index contributed by atoms with van der Waals surface area (Å²) in [6.45, 7) is 1.81. The second-order valence-electron chi connectivity index (χ2n) is 7.97. The third-order valence-electron chi connectivity index (χ3n) is 6.09. The van der Waals surface area contributed by atoms with Crippen molar-refractivity contribution in [3.8, 4) is 0 Å². The van der Waals surface area contributed by atoms with Crippen LogP contribution in [0.1, 0.15) is 28.4 Å². The van der Waals surface area contributed by atoms with E-state index in [1.807, 2.05) is 18.2 Å². The van der Waals surface area contributed by atoms with Crippen LogP contribution in [0.2, 0.25) is 0 Å². The summed E-state index contributed by atoms with van der Waals surface area (Å²) in [6.07, 6.45) is 0. The van der Waals surface area contributed by atoms with E-state index in [-0.39, 0.29) is 11.4 Å². The SMILES string of the molecule is CN(C(=O)N1Cc2ccc(Br)cc2C1)[C@@H]1CNCc2[nH]c(=O)c3cc(F)c(F)cc3c21. The first-order chi connectivity index (χ1) is 14.8. The third-order valence-corrected chi connectivity index (χ3v) is 6.58. The van der Waals surface area contributed by atoms with Gasteiger partial charge in [0.15, 0.2) is 11.6 Å². The molecule has 31 heavy (non-hydrogen) atoms. The van der Waals surface area contributed by atoms with Gasteiger partial charge in [0.2, 0.25) is 0 Å². The number of hydrogen-bond acceptors (Lipinski definition) is 3. The molecule has 2 aliphatic heterocycles. The number of urea groups is 1. The molecule has 0 unspecified atom stereocenters. The minimum atomic E-state index is -1.08. The van der Waals surface area contributed by atoms with Crippen LogP contribution in [0.15, 0.2) is 39.6 Å². The Kier molecular flexibility index (Phi) is 4.82. The summed E-state index contributed by atoms with van der Waals surface area (Å²) in [6, 6.07) is 7.31. The fraction of sp³-hybridized carbons (Fsp3) is 0.273. The number of halogens is 3. The lowest BCUT2D eigenvalue weighted by atomic mass is 9.94. The molecule has 0 saturated heterocycles. The number of rotatable bonds is 1. The molecular weight excluding hydrogens is 470 g/mol. The Hall–Kier alpha value is -2.78. The van der Waals surface area contributed by atoms with Crippen LogP contribution in [0.3, 0.4) is 0 Å². The van der Waals surface area contributed by atoms with Gasteiger partial charge in [0.05, 0.1) is 11.4 Å². The number of benzene rings is 2. The van der Waals surface area contributed by atoms with E-state index < -0.39 is 23.2 Å². The summed E-state index contributed by atoms with van der Waals surface area (Å²) in [5.74, 6) is -2.10. The van der Waals surface area contributed by atoms with Crippen molar-refractivity contribution < 1.29 is 13.6 Å². The molecule has 0 fully saturated rings.